The van der Waals surface area contributed by atoms with Crippen LogP contribution in [0.2, 0.25) is 0 Å². The summed E-state index contributed by atoms with van der Waals surface area (Å²) in [5.41, 5.74) is 0.575. The maximum atomic E-state index is 5.29. The van der Waals surface area contributed by atoms with Crippen molar-refractivity contribution in [3.05, 3.63) is 0 Å². The van der Waals surface area contributed by atoms with Crippen molar-refractivity contribution in [2.45, 2.75) is 13.3 Å². The summed E-state index contributed by atoms with van der Waals surface area (Å²) in [6.45, 7) is 9.49. The summed E-state index contributed by atoms with van der Waals surface area (Å²) in [6, 6.07) is 0. The Morgan fingerprint density at radius 2 is 2.15 bits per heavy atom. The minimum absolute atomic E-state index is 0.575. The third-order valence-electron chi connectivity index (χ3n) is 2.90. The zero-order chi connectivity index (χ0) is 9.15. The van der Waals surface area contributed by atoms with Gasteiger partial charge < -0.3 is 14.4 Å². The highest BCUT2D eigenvalue weighted by Gasteiger charge is 2.48. The van der Waals surface area contributed by atoms with Crippen LogP contribution < -0.4 is 0 Å². The number of ether oxygens (including phenoxy) is 2. The van der Waals surface area contributed by atoms with Gasteiger partial charge in [0.2, 0.25) is 0 Å². The SMILES string of the molecule is CCOCCCN1CC2(COC2)C1. The Bertz CT molecular complexity index is 160. The van der Waals surface area contributed by atoms with Gasteiger partial charge in [0.15, 0.2) is 0 Å². The van der Waals surface area contributed by atoms with Gasteiger partial charge in [0.05, 0.1) is 13.2 Å². The average molecular weight is 185 g/mol. The van der Waals surface area contributed by atoms with Crippen LogP contribution in [0.25, 0.3) is 0 Å². The molecule has 0 atom stereocenters. The highest BCUT2D eigenvalue weighted by Crippen LogP contribution is 2.37. The minimum atomic E-state index is 0.575. The minimum Gasteiger partial charge on any atom is -0.382 e. The molecule has 2 heterocycles. The molecule has 2 fully saturated rings. The van der Waals surface area contributed by atoms with Crippen molar-refractivity contribution < 1.29 is 9.47 Å². The first-order valence-electron chi connectivity index (χ1n) is 5.22. The fourth-order valence-electron chi connectivity index (χ4n) is 2.17. The second-order valence-corrected chi connectivity index (χ2v) is 4.25. The van der Waals surface area contributed by atoms with Crippen LogP contribution in [0.5, 0.6) is 0 Å². The van der Waals surface area contributed by atoms with Crippen LogP contribution in [-0.2, 0) is 9.47 Å². The molecule has 0 radical (unpaired) electrons. The summed E-state index contributed by atoms with van der Waals surface area (Å²) >= 11 is 0. The van der Waals surface area contributed by atoms with E-state index in [4.69, 9.17) is 9.47 Å². The molecule has 2 rings (SSSR count). The lowest BCUT2D eigenvalue weighted by Gasteiger charge is -2.55. The molecule has 0 aromatic heterocycles. The summed E-state index contributed by atoms with van der Waals surface area (Å²) in [4.78, 5) is 2.50. The Morgan fingerprint density at radius 1 is 1.38 bits per heavy atom. The Labute approximate surface area is 80.0 Å². The molecule has 0 amide bonds. The fraction of sp³-hybridized carbons (Fsp3) is 1.00. The predicted molar refractivity (Wildman–Crippen MR) is 50.8 cm³/mol. The normalized spacial score (nSPS) is 25.6. The van der Waals surface area contributed by atoms with Crippen molar-refractivity contribution in [2.75, 3.05) is 46.1 Å². The monoisotopic (exact) mass is 185 g/mol. The lowest BCUT2D eigenvalue weighted by Crippen LogP contribution is -2.65. The van der Waals surface area contributed by atoms with Crippen LogP contribution in [0.4, 0.5) is 0 Å². The van der Waals surface area contributed by atoms with Crippen molar-refractivity contribution >= 4 is 0 Å². The van der Waals surface area contributed by atoms with Crippen LogP contribution >= 0.6 is 0 Å². The van der Waals surface area contributed by atoms with E-state index in [-0.39, 0.29) is 0 Å². The predicted octanol–water partition coefficient (Wildman–Crippen LogP) is 0.745. The van der Waals surface area contributed by atoms with E-state index in [0.29, 0.717) is 5.41 Å². The number of rotatable bonds is 5. The van der Waals surface area contributed by atoms with E-state index >= 15 is 0 Å². The van der Waals surface area contributed by atoms with Gasteiger partial charge in [-0.2, -0.15) is 0 Å². The molecule has 0 bridgehead atoms. The van der Waals surface area contributed by atoms with Gasteiger partial charge in [-0.1, -0.05) is 0 Å². The number of nitrogens with zero attached hydrogens (tertiary/aromatic N) is 1. The highest BCUT2D eigenvalue weighted by atomic mass is 16.5. The Hall–Kier alpha value is -0.120. The molecule has 2 aliphatic rings. The molecule has 0 saturated carbocycles. The molecule has 0 N–H and O–H groups in total. The first-order chi connectivity index (χ1) is 6.35. The summed E-state index contributed by atoms with van der Waals surface area (Å²) in [7, 11) is 0. The van der Waals surface area contributed by atoms with Gasteiger partial charge in [-0.05, 0) is 13.3 Å². The van der Waals surface area contributed by atoms with Crippen LogP contribution in [0.3, 0.4) is 0 Å². The van der Waals surface area contributed by atoms with Crippen molar-refractivity contribution in [1.29, 1.82) is 0 Å². The van der Waals surface area contributed by atoms with E-state index < -0.39 is 0 Å². The Morgan fingerprint density at radius 3 is 2.69 bits per heavy atom. The average Bonchev–Trinajstić information content (AvgIpc) is 1.97. The van der Waals surface area contributed by atoms with Gasteiger partial charge in [-0.3, -0.25) is 0 Å². The molecule has 0 aromatic rings. The van der Waals surface area contributed by atoms with E-state index in [1.165, 1.54) is 26.1 Å². The van der Waals surface area contributed by atoms with E-state index in [2.05, 4.69) is 4.90 Å². The zero-order valence-corrected chi connectivity index (χ0v) is 8.42. The van der Waals surface area contributed by atoms with Crippen LogP contribution in [0.1, 0.15) is 13.3 Å². The summed E-state index contributed by atoms with van der Waals surface area (Å²) < 4.78 is 10.5. The second kappa shape index (κ2) is 3.95. The maximum absolute atomic E-state index is 5.29. The van der Waals surface area contributed by atoms with E-state index in [9.17, 15) is 0 Å². The number of likely N-dealkylation sites (tertiary alicyclic amines) is 1. The third kappa shape index (κ3) is 2.03. The molecular formula is C10H19NO2. The molecule has 0 aromatic carbocycles. The first kappa shape index (κ1) is 9.44. The van der Waals surface area contributed by atoms with Crippen molar-refractivity contribution in [3.63, 3.8) is 0 Å². The summed E-state index contributed by atoms with van der Waals surface area (Å²) in [5.74, 6) is 0. The Kier molecular flexibility index (Phi) is 2.86. The van der Waals surface area contributed by atoms with Crippen LogP contribution in [0, 0.1) is 5.41 Å². The van der Waals surface area contributed by atoms with Gasteiger partial charge in [0.25, 0.3) is 0 Å². The lowest BCUT2D eigenvalue weighted by molar-refractivity contribution is -0.189. The standard InChI is InChI=1S/C10H19NO2/c1-2-12-5-3-4-11-6-10(7-11)8-13-9-10/h2-9H2,1H3. The topological polar surface area (TPSA) is 21.7 Å². The highest BCUT2D eigenvalue weighted by molar-refractivity contribution is 4.99. The van der Waals surface area contributed by atoms with Gasteiger partial charge in [0, 0.05) is 38.3 Å². The molecule has 0 aliphatic carbocycles. The molecule has 0 unspecified atom stereocenters. The second-order valence-electron chi connectivity index (χ2n) is 4.25. The fourth-order valence-corrected chi connectivity index (χ4v) is 2.17. The van der Waals surface area contributed by atoms with E-state index in [0.717, 1.165) is 26.4 Å². The van der Waals surface area contributed by atoms with Gasteiger partial charge in [-0.15, -0.1) is 0 Å². The molecule has 76 valence electrons. The van der Waals surface area contributed by atoms with Crippen LogP contribution in [0.15, 0.2) is 0 Å². The summed E-state index contributed by atoms with van der Waals surface area (Å²) in [6.07, 6.45) is 1.17. The van der Waals surface area contributed by atoms with Gasteiger partial charge in [-0.25, -0.2) is 0 Å². The third-order valence-corrected chi connectivity index (χ3v) is 2.90. The molecule has 13 heavy (non-hydrogen) atoms. The zero-order valence-electron chi connectivity index (χ0n) is 8.42. The number of hydrogen-bond acceptors (Lipinski definition) is 3. The van der Waals surface area contributed by atoms with Gasteiger partial charge in [0.1, 0.15) is 0 Å². The molecule has 1 spiro atoms. The number of hydrogen-bond donors (Lipinski definition) is 0. The largest absolute Gasteiger partial charge is 0.382 e. The molecule has 3 nitrogen and oxygen atoms in total. The van der Waals surface area contributed by atoms with Crippen molar-refractivity contribution in [2.24, 2.45) is 5.41 Å². The van der Waals surface area contributed by atoms with Crippen molar-refractivity contribution in [1.82, 2.24) is 4.90 Å². The van der Waals surface area contributed by atoms with Gasteiger partial charge >= 0.3 is 0 Å². The first-order valence-corrected chi connectivity index (χ1v) is 5.22. The quantitative estimate of drug-likeness (QED) is 0.590. The molecule has 2 saturated heterocycles. The van der Waals surface area contributed by atoms with E-state index in [1.807, 2.05) is 6.92 Å². The Balaban J connectivity index is 1.49. The van der Waals surface area contributed by atoms with Crippen LogP contribution in [-0.4, -0.2) is 51.0 Å². The molecule has 3 heteroatoms. The maximum Gasteiger partial charge on any atom is 0.0569 e. The molecular weight excluding hydrogens is 166 g/mol. The van der Waals surface area contributed by atoms with E-state index in [1.54, 1.807) is 0 Å². The van der Waals surface area contributed by atoms with Crippen molar-refractivity contribution in [3.8, 4) is 0 Å². The lowest BCUT2D eigenvalue weighted by atomic mass is 9.78. The smallest absolute Gasteiger partial charge is 0.0569 e. The summed E-state index contributed by atoms with van der Waals surface area (Å²) in [5, 5.41) is 0. The molecule has 2 aliphatic heterocycles.